The molecule has 2 rings (SSSR count). The lowest BCUT2D eigenvalue weighted by Crippen LogP contribution is -2.13. The number of aromatic nitrogens is 1. The monoisotopic (exact) mass is 320 g/mol. The summed E-state index contributed by atoms with van der Waals surface area (Å²) in [5.41, 5.74) is 2.18. The topological polar surface area (TPSA) is 51.2 Å². The predicted octanol–water partition coefficient (Wildman–Crippen LogP) is 3.41. The van der Waals surface area contributed by atoms with Crippen molar-refractivity contribution in [1.29, 1.82) is 0 Å². The number of benzene rings is 1. The van der Waals surface area contributed by atoms with E-state index in [0.29, 0.717) is 17.0 Å². The van der Waals surface area contributed by atoms with Crippen LogP contribution in [0.1, 0.15) is 15.9 Å². The molecule has 1 amide bonds. The highest BCUT2D eigenvalue weighted by molar-refractivity contribution is 9.10. The number of hydrogen-bond acceptors (Lipinski definition) is 3. The molecular weight excluding hydrogens is 308 g/mol. The van der Waals surface area contributed by atoms with E-state index < -0.39 is 0 Å². The molecule has 0 radical (unpaired) electrons. The Morgan fingerprint density at radius 3 is 2.84 bits per heavy atom. The molecule has 1 aromatic carbocycles. The van der Waals surface area contributed by atoms with Crippen molar-refractivity contribution in [1.82, 2.24) is 4.98 Å². The summed E-state index contributed by atoms with van der Waals surface area (Å²) < 4.78 is 5.94. The van der Waals surface area contributed by atoms with Crippen LogP contribution in [-0.4, -0.2) is 18.0 Å². The van der Waals surface area contributed by atoms with Crippen LogP contribution < -0.4 is 10.1 Å². The number of rotatable bonds is 3. The van der Waals surface area contributed by atoms with E-state index in [9.17, 15) is 4.79 Å². The van der Waals surface area contributed by atoms with Crippen molar-refractivity contribution in [2.24, 2.45) is 0 Å². The molecule has 98 valence electrons. The highest BCUT2D eigenvalue weighted by Gasteiger charge is 2.13. The third-order valence-electron chi connectivity index (χ3n) is 2.62. The number of carbonyl (C=O) groups is 1. The van der Waals surface area contributed by atoms with Gasteiger partial charge in [-0.25, -0.2) is 0 Å². The van der Waals surface area contributed by atoms with Gasteiger partial charge in [-0.2, -0.15) is 0 Å². The molecule has 0 saturated heterocycles. The third kappa shape index (κ3) is 3.12. The normalized spacial score (nSPS) is 10.1. The number of hydrogen-bond donors (Lipinski definition) is 1. The Kier molecular flexibility index (Phi) is 4.16. The van der Waals surface area contributed by atoms with Gasteiger partial charge < -0.3 is 10.1 Å². The SMILES string of the molecule is COc1ccc(C)cc1C(=O)Nc1ccncc1Br. The molecule has 0 aliphatic heterocycles. The average molecular weight is 321 g/mol. The Labute approximate surface area is 119 Å². The molecular formula is C14H13BrN2O2. The van der Waals surface area contributed by atoms with Crippen molar-refractivity contribution in [3.63, 3.8) is 0 Å². The van der Waals surface area contributed by atoms with E-state index in [-0.39, 0.29) is 5.91 Å². The van der Waals surface area contributed by atoms with E-state index in [0.717, 1.165) is 10.0 Å². The number of nitrogens with one attached hydrogen (secondary N) is 1. The number of carbonyl (C=O) groups excluding carboxylic acids is 1. The second-order valence-electron chi connectivity index (χ2n) is 4.01. The molecule has 0 bridgehead atoms. The molecule has 4 nitrogen and oxygen atoms in total. The van der Waals surface area contributed by atoms with E-state index in [2.05, 4.69) is 26.2 Å². The largest absolute Gasteiger partial charge is 0.496 e. The first kappa shape index (κ1) is 13.5. The lowest BCUT2D eigenvalue weighted by atomic mass is 10.1. The number of aryl methyl sites for hydroxylation is 1. The highest BCUT2D eigenvalue weighted by atomic mass is 79.9. The van der Waals surface area contributed by atoms with Crippen molar-refractivity contribution in [3.05, 3.63) is 52.3 Å². The van der Waals surface area contributed by atoms with Crippen molar-refractivity contribution in [2.75, 3.05) is 12.4 Å². The average Bonchev–Trinajstić information content (AvgIpc) is 2.41. The molecule has 0 spiro atoms. The third-order valence-corrected chi connectivity index (χ3v) is 3.25. The minimum atomic E-state index is -0.215. The Bertz CT molecular complexity index is 614. The summed E-state index contributed by atoms with van der Waals surface area (Å²) in [5, 5.41) is 2.82. The zero-order chi connectivity index (χ0) is 13.8. The van der Waals surface area contributed by atoms with E-state index in [1.807, 2.05) is 13.0 Å². The number of ether oxygens (including phenoxy) is 1. The van der Waals surface area contributed by atoms with E-state index in [1.54, 1.807) is 37.7 Å². The Morgan fingerprint density at radius 1 is 1.37 bits per heavy atom. The van der Waals surface area contributed by atoms with Crippen molar-refractivity contribution >= 4 is 27.5 Å². The number of anilines is 1. The van der Waals surface area contributed by atoms with Gasteiger partial charge in [0, 0.05) is 12.4 Å². The highest BCUT2D eigenvalue weighted by Crippen LogP contribution is 2.24. The van der Waals surface area contributed by atoms with Crippen LogP contribution >= 0.6 is 15.9 Å². The molecule has 1 heterocycles. The maximum atomic E-state index is 12.3. The molecule has 1 N–H and O–H groups in total. The number of amides is 1. The summed E-state index contributed by atoms with van der Waals surface area (Å²) in [4.78, 5) is 16.2. The van der Waals surface area contributed by atoms with Gasteiger partial charge >= 0.3 is 0 Å². The summed E-state index contributed by atoms with van der Waals surface area (Å²) in [6.07, 6.45) is 3.25. The molecule has 0 aliphatic rings. The smallest absolute Gasteiger partial charge is 0.259 e. The fraction of sp³-hybridized carbons (Fsp3) is 0.143. The first-order valence-electron chi connectivity index (χ1n) is 5.67. The molecule has 19 heavy (non-hydrogen) atoms. The Balaban J connectivity index is 2.30. The fourth-order valence-corrected chi connectivity index (χ4v) is 2.01. The minimum Gasteiger partial charge on any atom is -0.496 e. The summed E-state index contributed by atoms with van der Waals surface area (Å²) in [5.74, 6) is 0.334. The zero-order valence-corrected chi connectivity index (χ0v) is 12.2. The van der Waals surface area contributed by atoms with E-state index in [4.69, 9.17) is 4.74 Å². The molecule has 5 heteroatoms. The van der Waals surface area contributed by atoms with Gasteiger partial charge in [0.2, 0.25) is 0 Å². The van der Waals surface area contributed by atoms with Gasteiger partial charge in [-0.15, -0.1) is 0 Å². The van der Waals surface area contributed by atoms with Gasteiger partial charge in [0.1, 0.15) is 5.75 Å². The zero-order valence-electron chi connectivity index (χ0n) is 10.6. The standard InChI is InChI=1S/C14H13BrN2O2/c1-9-3-4-13(19-2)10(7-9)14(18)17-12-5-6-16-8-11(12)15/h3-8H,1-2H3,(H,16,17,18). The van der Waals surface area contributed by atoms with Gasteiger partial charge in [0.15, 0.2) is 0 Å². The molecule has 1 aromatic heterocycles. The molecule has 0 saturated carbocycles. The summed E-state index contributed by atoms with van der Waals surface area (Å²) >= 11 is 3.34. The molecule has 0 fully saturated rings. The first-order valence-corrected chi connectivity index (χ1v) is 6.46. The van der Waals surface area contributed by atoms with Crippen LogP contribution in [0.3, 0.4) is 0 Å². The number of pyridine rings is 1. The minimum absolute atomic E-state index is 0.215. The van der Waals surface area contributed by atoms with E-state index >= 15 is 0 Å². The number of methoxy groups -OCH3 is 1. The van der Waals surface area contributed by atoms with Gasteiger partial charge in [-0.1, -0.05) is 11.6 Å². The van der Waals surface area contributed by atoms with Gasteiger partial charge in [0.05, 0.1) is 22.8 Å². The maximum Gasteiger partial charge on any atom is 0.259 e. The van der Waals surface area contributed by atoms with Crippen molar-refractivity contribution < 1.29 is 9.53 Å². The number of halogens is 1. The lowest BCUT2D eigenvalue weighted by Gasteiger charge is -2.11. The van der Waals surface area contributed by atoms with Crippen LogP contribution in [0.2, 0.25) is 0 Å². The fourth-order valence-electron chi connectivity index (χ4n) is 1.67. The van der Waals surface area contributed by atoms with Crippen LogP contribution in [0.4, 0.5) is 5.69 Å². The van der Waals surface area contributed by atoms with Gasteiger partial charge in [-0.3, -0.25) is 9.78 Å². The van der Waals surface area contributed by atoms with Crippen molar-refractivity contribution in [2.45, 2.75) is 6.92 Å². The van der Waals surface area contributed by atoms with Crippen LogP contribution in [0.25, 0.3) is 0 Å². The maximum absolute atomic E-state index is 12.3. The molecule has 0 unspecified atom stereocenters. The quantitative estimate of drug-likeness (QED) is 0.942. The second kappa shape index (κ2) is 5.84. The molecule has 0 atom stereocenters. The van der Waals surface area contributed by atoms with E-state index in [1.165, 1.54) is 0 Å². The Hall–Kier alpha value is -1.88. The van der Waals surface area contributed by atoms with Crippen molar-refractivity contribution in [3.8, 4) is 5.75 Å². The summed E-state index contributed by atoms with van der Waals surface area (Å²) in [6, 6.07) is 7.21. The summed E-state index contributed by atoms with van der Waals surface area (Å²) in [6.45, 7) is 1.93. The van der Waals surface area contributed by atoms with Crippen LogP contribution in [-0.2, 0) is 0 Å². The van der Waals surface area contributed by atoms with Gasteiger partial charge in [0.25, 0.3) is 5.91 Å². The van der Waals surface area contributed by atoms with Crippen LogP contribution in [0.5, 0.6) is 5.75 Å². The molecule has 2 aromatic rings. The second-order valence-corrected chi connectivity index (χ2v) is 4.87. The Morgan fingerprint density at radius 2 is 2.16 bits per heavy atom. The lowest BCUT2D eigenvalue weighted by molar-refractivity contribution is 0.102. The predicted molar refractivity (Wildman–Crippen MR) is 77.6 cm³/mol. The van der Waals surface area contributed by atoms with Crippen LogP contribution in [0.15, 0.2) is 41.1 Å². The summed E-state index contributed by atoms with van der Waals surface area (Å²) in [7, 11) is 1.55. The van der Waals surface area contributed by atoms with Crippen LogP contribution in [0, 0.1) is 6.92 Å². The number of nitrogens with zero attached hydrogens (tertiary/aromatic N) is 1. The molecule has 0 aliphatic carbocycles. The van der Waals surface area contributed by atoms with Gasteiger partial charge in [-0.05, 0) is 41.1 Å². The first-order chi connectivity index (χ1) is 9.11.